The third-order valence-electron chi connectivity index (χ3n) is 3.24. The number of fused-ring (bicyclic) bond motifs is 1. The van der Waals surface area contributed by atoms with Crippen LogP contribution >= 0.6 is 0 Å². The first kappa shape index (κ1) is 11.5. The van der Waals surface area contributed by atoms with E-state index < -0.39 is 0 Å². The summed E-state index contributed by atoms with van der Waals surface area (Å²) in [5.41, 5.74) is 1.09. The van der Waals surface area contributed by atoms with Gasteiger partial charge in [0.2, 0.25) is 5.95 Å². The summed E-state index contributed by atoms with van der Waals surface area (Å²) in [7, 11) is 0. The number of rotatable bonds is 2. The van der Waals surface area contributed by atoms with Crippen LogP contribution in [0.15, 0.2) is 4.42 Å². The fraction of sp³-hybridized carbons (Fsp3) is 0.667. The lowest BCUT2D eigenvalue weighted by Crippen LogP contribution is -2.37. The molecule has 6 heteroatoms. The van der Waals surface area contributed by atoms with Crippen LogP contribution in [0, 0.1) is 6.92 Å². The summed E-state index contributed by atoms with van der Waals surface area (Å²) in [6, 6.07) is 0. The maximum atomic E-state index is 5.66. The van der Waals surface area contributed by atoms with Gasteiger partial charge in [-0.2, -0.15) is 9.50 Å². The van der Waals surface area contributed by atoms with Crippen molar-refractivity contribution in [1.82, 2.24) is 14.6 Å². The van der Waals surface area contributed by atoms with E-state index in [1.54, 1.807) is 0 Å². The van der Waals surface area contributed by atoms with E-state index in [2.05, 4.69) is 28.8 Å². The summed E-state index contributed by atoms with van der Waals surface area (Å²) in [6.45, 7) is 9.36. The number of oxazole rings is 1. The summed E-state index contributed by atoms with van der Waals surface area (Å²) in [5.74, 6) is 2.58. The Morgan fingerprint density at radius 3 is 2.61 bits per heavy atom. The van der Waals surface area contributed by atoms with Gasteiger partial charge in [-0.1, -0.05) is 13.8 Å². The highest BCUT2D eigenvalue weighted by Crippen LogP contribution is 2.24. The fourth-order valence-corrected chi connectivity index (χ4v) is 2.40. The third-order valence-corrected chi connectivity index (χ3v) is 3.24. The molecule has 0 bridgehead atoms. The van der Waals surface area contributed by atoms with Crippen LogP contribution < -0.4 is 4.90 Å². The molecule has 1 saturated heterocycles. The molecule has 6 nitrogen and oxygen atoms in total. The summed E-state index contributed by atoms with van der Waals surface area (Å²) in [6.07, 6.45) is 0. The minimum Gasteiger partial charge on any atom is -0.427 e. The molecule has 0 amide bonds. The summed E-state index contributed by atoms with van der Waals surface area (Å²) < 4.78 is 12.8. The van der Waals surface area contributed by atoms with Gasteiger partial charge in [0.15, 0.2) is 0 Å². The van der Waals surface area contributed by atoms with Gasteiger partial charge in [-0.25, -0.2) is 0 Å². The predicted octanol–water partition coefficient (Wildman–Crippen LogP) is 1.59. The Balaban J connectivity index is 2.00. The van der Waals surface area contributed by atoms with Crippen LogP contribution in [0.4, 0.5) is 5.95 Å². The second kappa shape index (κ2) is 4.28. The van der Waals surface area contributed by atoms with Crippen molar-refractivity contribution in [3.8, 4) is 0 Å². The molecule has 0 radical (unpaired) electrons. The smallest absolute Gasteiger partial charge is 0.326 e. The Morgan fingerprint density at radius 1 is 1.22 bits per heavy atom. The molecule has 2 aromatic heterocycles. The molecule has 0 N–H and O–H groups in total. The lowest BCUT2D eigenvalue weighted by atomic mass is 10.1. The zero-order chi connectivity index (χ0) is 12.7. The van der Waals surface area contributed by atoms with E-state index >= 15 is 0 Å². The van der Waals surface area contributed by atoms with Gasteiger partial charge in [-0.3, -0.25) is 0 Å². The van der Waals surface area contributed by atoms with E-state index in [0.29, 0.717) is 11.8 Å². The van der Waals surface area contributed by atoms with Crippen molar-refractivity contribution in [1.29, 1.82) is 0 Å². The molecular formula is C12H18N4O2. The first-order valence-electron chi connectivity index (χ1n) is 6.35. The molecular weight excluding hydrogens is 232 g/mol. The summed E-state index contributed by atoms with van der Waals surface area (Å²) >= 11 is 0. The molecule has 3 heterocycles. The molecule has 1 fully saturated rings. The van der Waals surface area contributed by atoms with Gasteiger partial charge < -0.3 is 14.1 Å². The Hall–Kier alpha value is -1.56. The summed E-state index contributed by atoms with van der Waals surface area (Å²) in [5, 5.41) is 4.56. The van der Waals surface area contributed by atoms with Crippen molar-refractivity contribution >= 4 is 11.8 Å². The number of aryl methyl sites for hydroxylation is 1. The van der Waals surface area contributed by atoms with Crippen LogP contribution in [0.3, 0.4) is 0 Å². The fourth-order valence-electron chi connectivity index (χ4n) is 2.40. The van der Waals surface area contributed by atoms with Crippen molar-refractivity contribution in [2.45, 2.75) is 26.7 Å². The number of aromatic nitrogens is 3. The predicted molar refractivity (Wildman–Crippen MR) is 67.1 cm³/mol. The van der Waals surface area contributed by atoms with Gasteiger partial charge in [0.25, 0.3) is 0 Å². The second-order valence-corrected chi connectivity index (χ2v) is 4.90. The minimum atomic E-state index is 0.366. The van der Waals surface area contributed by atoms with Crippen LogP contribution in [0.2, 0.25) is 0 Å². The number of morpholine rings is 1. The van der Waals surface area contributed by atoms with Crippen molar-refractivity contribution in [3.05, 3.63) is 11.5 Å². The number of anilines is 1. The Labute approximate surface area is 106 Å². The average Bonchev–Trinajstić information content (AvgIpc) is 2.85. The lowest BCUT2D eigenvalue weighted by molar-refractivity contribution is 0.122. The number of hydrogen-bond acceptors (Lipinski definition) is 5. The molecule has 0 aromatic carbocycles. The zero-order valence-electron chi connectivity index (χ0n) is 11.0. The largest absolute Gasteiger partial charge is 0.427 e. The third kappa shape index (κ3) is 1.77. The van der Waals surface area contributed by atoms with Crippen LogP contribution in [0.1, 0.15) is 31.2 Å². The minimum absolute atomic E-state index is 0.366. The lowest BCUT2D eigenvalue weighted by Gasteiger charge is -2.25. The number of ether oxygens (including phenoxy) is 1. The molecule has 18 heavy (non-hydrogen) atoms. The van der Waals surface area contributed by atoms with E-state index in [1.165, 1.54) is 0 Å². The molecule has 3 rings (SSSR count). The Morgan fingerprint density at radius 2 is 1.94 bits per heavy atom. The van der Waals surface area contributed by atoms with Crippen molar-refractivity contribution < 1.29 is 9.15 Å². The Bertz CT molecular complexity index is 552. The highest BCUT2D eigenvalue weighted by Gasteiger charge is 2.21. The normalized spacial score (nSPS) is 17.0. The standard InChI is InChI=1S/C12H18N4O2/c1-8(2)10-9(3)18-12-13-11(14-16(10)12)15-4-6-17-7-5-15/h8H,4-7H2,1-3H3. The van der Waals surface area contributed by atoms with Crippen molar-refractivity contribution in [3.63, 3.8) is 0 Å². The van der Waals surface area contributed by atoms with Crippen LogP contribution in [0.5, 0.6) is 0 Å². The van der Waals surface area contributed by atoms with Crippen molar-refractivity contribution in [2.75, 3.05) is 31.2 Å². The van der Waals surface area contributed by atoms with Crippen LogP contribution in [-0.4, -0.2) is 40.9 Å². The van der Waals surface area contributed by atoms with Crippen molar-refractivity contribution in [2.24, 2.45) is 0 Å². The topological polar surface area (TPSA) is 55.8 Å². The first-order chi connectivity index (χ1) is 8.66. The zero-order valence-corrected chi connectivity index (χ0v) is 11.0. The van der Waals surface area contributed by atoms with E-state index in [1.807, 2.05) is 11.4 Å². The molecule has 1 aliphatic rings. The average molecular weight is 250 g/mol. The highest BCUT2D eigenvalue weighted by atomic mass is 16.5. The monoisotopic (exact) mass is 250 g/mol. The molecule has 0 unspecified atom stereocenters. The van der Waals surface area contributed by atoms with Gasteiger partial charge in [-0.05, 0) is 12.8 Å². The molecule has 1 aliphatic heterocycles. The molecule has 0 atom stereocenters. The SMILES string of the molecule is Cc1oc2nc(N3CCOCC3)nn2c1C(C)C. The molecule has 0 spiro atoms. The maximum absolute atomic E-state index is 5.66. The van der Waals surface area contributed by atoms with Gasteiger partial charge in [0, 0.05) is 13.1 Å². The Kier molecular flexibility index (Phi) is 2.74. The molecule has 0 saturated carbocycles. The quantitative estimate of drug-likeness (QED) is 0.810. The maximum Gasteiger partial charge on any atom is 0.326 e. The van der Waals surface area contributed by atoms with Crippen LogP contribution in [0.25, 0.3) is 5.84 Å². The molecule has 2 aromatic rings. The number of nitrogens with zero attached hydrogens (tertiary/aromatic N) is 4. The van der Waals surface area contributed by atoms with E-state index in [-0.39, 0.29) is 0 Å². The van der Waals surface area contributed by atoms with E-state index in [9.17, 15) is 0 Å². The van der Waals surface area contributed by atoms with Gasteiger partial charge >= 0.3 is 5.84 Å². The van der Waals surface area contributed by atoms with Gasteiger partial charge in [-0.15, -0.1) is 5.10 Å². The van der Waals surface area contributed by atoms with Crippen LogP contribution in [-0.2, 0) is 4.74 Å². The van der Waals surface area contributed by atoms with E-state index in [4.69, 9.17) is 9.15 Å². The van der Waals surface area contributed by atoms with Gasteiger partial charge in [0.05, 0.1) is 18.9 Å². The molecule has 98 valence electrons. The van der Waals surface area contributed by atoms with Gasteiger partial charge in [0.1, 0.15) is 5.76 Å². The summed E-state index contributed by atoms with van der Waals surface area (Å²) in [4.78, 5) is 6.59. The first-order valence-corrected chi connectivity index (χ1v) is 6.35. The number of hydrogen-bond donors (Lipinski definition) is 0. The highest BCUT2D eigenvalue weighted by molar-refractivity contribution is 5.40. The molecule has 0 aliphatic carbocycles. The van der Waals surface area contributed by atoms with E-state index in [0.717, 1.165) is 43.7 Å². The second-order valence-electron chi connectivity index (χ2n) is 4.90.